The molecule has 0 aromatic carbocycles. The maximum absolute atomic E-state index is 13.5. The Hall–Kier alpha value is -7.18. The topological polar surface area (TPSA) is 514 Å². The molecule has 1 rings (SSSR count). The maximum Gasteiger partial charge on any atom is 0.322 e. The number of carbonyl (C=O) groups excluding carboxylic acids is 8. The van der Waals surface area contributed by atoms with Gasteiger partial charge in [0.25, 0.3) is 0 Å². The van der Waals surface area contributed by atoms with Gasteiger partial charge < -0.3 is 96.6 Å². The number of aliphatic hydroxyl groups is 3. The van der Waals surface area contributed by atoms with Crippen LogP contribution in [0.1, 0.15) is 59.1 Å². The average Bonchev–Trinajstić information content (AvgIpc) is 3.78. The van der Waals surface area contributed by atoms with Gasteiger partial charge in [0.15, 0.2) is 11.9 Å². The average molecular weight is 970 g/mol. The number of aromatic amines is 1. The van der Waals surface area contributed by atoms with Crippen LogP contribution in [-0.4, -0.2) is 183 Å². The lowest BCUT2D eigenvalue weighted by Gasteiger charge is -2.28. The third-order valence-corrected chi connectivity index (χ3v) is 9.54. The number of carboxylic acids is 1. The summed E-state index contributed by atoms with van der Waals surface area (Å²) in [5, 5.41) is 58.3. The number of aliphatic hydroxyl groups excluding tert-OH is 3. The summed E-state index contributed by atoms with van der Waals surface area (Å²) in [6.07, 6.45) is -0.389. The summed E-state index contributed by atoms with van der Waals surface area (Å²) in [6.45, 7) is 3.11. The predicted octanol–water partition coefficient (Wildman–Crippen LogP) is -8.98. The molecule has 0 unspecified atom stereocenters. The molecule has 30 nitrogen and oxygen atoms in total. The number of rotatable bonds is 31. The van der Waals surface area contributed by atoms with E-state index in [-0.39, 0.29) is 50.7 Å². The molecular formula is C38H67N17O13. The molecule has 0 radical (unpaired) electrons. The van der Waals surface area contributed by atoms with Crippen LogP contribution < -0.4 is 71.2 Å². The van der Waals surface area contributed by atoms with Gasteiger partial charge in [0.1, 0.15) is 42.8 Å². The minimum Gasteiger partial charge on any atom is -0.480 e. The highest BCUT2D eigenvalue weighted by molar-refractivity contribution is 5.97. The van der Waals surface area contributed by atoms with Gasteiger partial charge in [-0.2, -0.15) is 0 Å². The number of carboxylic acid groups (broad SMARTS) is 1. The third-order valence-electron chi connectivity index (χ3n) is 9.54. The zero-order valence-electron chi connectivity index (χ0n) is 38.2. The summed E-state index contributed by atoms with van der Waals surface area (Å²) >= 11 is 0. The molecule has 1 heterocycles. The van der Waals surface area contributed by atoms with Gasteiger partial charge in [0.2, 0.25) is 47.3 Å². The van der Waals surface area contributed by atoms with E-state index in [1.807, 2.05) is 0 Å². The van der Waals surface area contributed by atoms with Gasteiger partial charge in [0.05, 0.1) is 37.7 Å². The zero-order valence-corrected chi connectivity index (χ0v) is 38.2. The molecule has 30 heteroatoms. The molecule has 9 atom stereocenters. The Labute approximate surface area is 390 Å². The zero-order chi connectivity index (χ0) is 51.7. The summed E-state index contributed by atoms with van der Waals surface area (Å²) in [7, 11) is 0. The van der Waals surface area contributed by atoms with Crippen molar-refractivity contribution in [2.24, 2.45) is 44.6 Å². The first-order valence-corrected chi connectivity index (χ1v) is 21.3. The van der Waals surface area contributed by atoms with Gasteiger partial charge in [-0.05, 0) is 45.4 Å². The van der Waals surface area contributed by atoms with Crippen molar-refractivity contribution in [2.45, 2.75) is 114 Å². The van der Waals surface area contributed by atoms with Gasteiger partial charge in [-0.15, -0.1) is 0 Å². The van der Waals surface area contributed by atoms with Crippen LogP contribution in [0.4, 0.5) is 0 Å². The fourth-order valence-electron chi connectivity index (χ4n) is 5.89. The maximum atomic E-state index is 13.5. The number of carbonyl (C=O) groups is 9. The van der Waals surface area contributed by atoms with E-state index in [0.29, 0.717) is 12.1 Å². The Morgan fingerprint density at radius 2 is 1.13 bits per heavy atom. The lowest BCUT2D eigenvalue weighted by molar-refractivity contribution is -0.139. The molecule has 0 saturated heterocycles. The van der Waals surface area contributed by atoms with E-state index in [9.17, 15) is 58.5 Å². The van der Waals surface area contributed by atoms with Crippen LogP contribution in [0.3, 0.4) is 0 Å². The van der Waals surface area contributed by atoms with Crippen molar-refractivity contribution in [1.82, 2.24) is 52.5 Å². The molecular weight excluding hydrogens is 903 g/mol. The molecule has 8 amide bonds. The first kappa shape index (κ1) is 58.8. The van der Waals surface area contributed by atoms with Crippen LogP contribution >= 0.6 is 0 Å². The van der Waals surface area contributed by atoms with E-state index in [0.717, 1.165) is 13.8 Å². The quantitative estimate of drug-likeness (QED) is 0.0187. The van der Waals surface area contributed by atoms with E-state index in [1.54, 1.807) is 13.8 Å². The molecule has 23 N–H and O–H groups in total. The van der Waals surface area contributed by atoms with Gasteiger partial charge in [-0.3, -0.25) is 53.1 Å². The van der Waals surface area contributed by atoms with E-state index in [1.165, 1.54) is 12.5 Å². The van der Waals surface area contributed by atoms with Crippen LogP contribution in [0, 0.1) is 5.92 Å². The summed E-state index contributed by atoms with van der Waals surface area (Å²) in [5.41, 5.74) is 27.5. The fourth-order valence-corrected chi connectivity index (χ4v) is 5.89. The predicted molar refractivity (Wildman–Crippen MR) is 241 cm³/mol. The van der Waals surface area contributed by atoms with Crippen molar-refractivity contribution in [3.63, 3.8) is 0 Å². The molecule has 0 saturated carbocycles. The molecule has 0 spiro atoms. The summed E-state index contributed by atoms with van der Waals surface area (Å²) in [6, 6.07) is -10.5. The lowest BCUT2D eigenvalue weighted by Crippen LogP contribution is -2.63. The minimum atomic E-state index is -1.83. The van der Waals surface area contributed by atoms with Crippen LogP contribution in [0.25, 0.3) is 0 Å². The summed E-state index contributed by atoms with van der Waals surface area (Å²) < 4.78 is 0. The second kappa shape index (κ2) is 30.2. The number of hydrogen-bond acceptors (Lipinski definition) is 16. The van der Waals surface area contributed by atoms with Crippen molar-refractivity contribution in [1.29, 1.82) is 0 Å². The number of aliphatic imine (C=N–C) groups is 2. The number of nitrogens with one attached hydrogen (secondary N) is 9. The van der Waals surface area contributed by atoms with Crippen molar-refractivity contribution < 1.29 is 63.6 Å². The molecule has 0 bridgehead atoms. The Bertz CT molecular complexity index is 1910. The fraction of sp³-hybridized carbons (Fsp3) is 0.632. The molecule has 1 aromatic heterocycles. The number of nitrogens with zero attached hydrogens (tertiary/aromatic N) is 3. The highest BCUT2D eigenvalue weighted by Crippen LogP contribution is 2.07. The number of aromatic nitrogens is 2. The first-order valence-electron chi connectivity index (χ1n) is 21.3. The van der Waals surface area contributed by atoms with Gasteiger partial charge in [-0.25, -0.2) is 4.98 Å². The first-order chi connectivity index (χ1) is 31.9. The molecule has 68 heavy (non-hydrogen) atoms. The van der Waals surface area contributed by atoms with Gasteiger partial charge in [0, 0.05) is 31.4 Å². The normalized spacial score (nSPS) is 14.9. The number of hydrogen-bond donors (Lipinski definition) is 18. The number of nitrogens with two attached hydrogens (primary N) is 5. The molecule has 0 aliphatic carbocycles. The smallest absolute Gasteiger partial charge is 0.322 e. The van der Waals surface area contributed by atoms with Gasteiger partial charge >= 0.3 is 5.97 Å². The van der Waals surface area contributed by atoms with Crippen molar-refractivity contribution in [2.75, 3.05) is 32.8 Å². The molecule has 0 aliphatic heterocycles. The van der Waals surface area contributed by atoms with E-state index < -0.39 is 133 Å². The molecule has 0 aliphatic rings. The van der Waals surface area contributed by atoms with Crippen molar-refractivity contribution in [3.05, 3.63) is 18.2 Å². The van der Waals surface area contributed by atoms with Gasteiger partial charge in [-0.1, -0.05) is 13.8 Å². The monoisotopic (exact) mass is 970 g/mol. The number of H-pyrrole nitrogens is 1. The number of amides is 8. The van der Waals surface area contributed by atoms with Crippen LogP contribution in [-0.2, 0) is 49.6 Å². The number of aliphatic carboxylic acids is 1. The summed E-state index contributed by atoms with van der Waals surface area (Å²) in [5.74, 6) is -10.1. The van der Waals surface area contributed by atoms with Crippen LogP contribution in [0.2, 0.25) is 0 Å². The number of imidazole rings is 1. The highest BCUT2D eigenvalue weighted by atomic mass is 16.4. The Morgan fingerprint density at radius 1 is 0.632 bits per heavy atom. The summed E-state index contributed by atoms with van der Waals surface area (Å²) in [4.78, 5) is 131. The standard InChI is InChI=1S/C38H67N17O13/c1-17(2)27(34(66)48-14-26(60)61)53-32(64)22(8-6-10-46-38(42)43)50-25(59)13-47-31(63)23(11-20-12-44-16-49-20)51-33(65)24(15-56)52-35(67)28(18(3)57)55-36(68)29(19(4)58)54-30(62)21(39)7-5-9-45-37(40)41/h12,16-19,21-24,27-29,56-58H,5-11,13-15,39H2,1-4H3,(H,44,49)(H,47,63)(H,48,66)(H,50,59)(H,51,65)(H,52,67)(H,53,64)(H,54,62)(H,55,68)(H,60,61)(H4,40,41,45)(H4,42,43,46)/t18-,19-,21+,22+,23+,24+,27+,28+,29+/m1/s1. The molecule has 1 aromatic rings. The Kier molecular flexibility index (Phi) is 26.1. The van der Waals surface area contributed by atoms with E-state index in [4.69, 9.17) is 33.8 Å². The van der Waals surface area contributed by atoms with E-state index in [2.05, 4.69) is 62.5 Å². The molecule has 0 fully saturated rings. The largest absolute Gasteiger partial charge is 0.480 e. The SMILES string of the molecule is CC(C)[C@H](NC(=O)[C@H](CCCN=C(N)N)NC(=O)CNC(=O)[C@H](Cc1cnc[nH]1)NC(=O)[C@H](CO)NC(=O)[C@@H](NC(=O)[C@@H](NC(=O)[C@@H](N)CCCN=C(N)N)[C@@H](C)O)[C@@H](C)O)C(=O)NCC(=O)O. The second-order valence-corrected chi connectivity index (χ2v) is 15.7. The van der Waals surface area contributed by atoms with Crippen LogP contribution in [0.5, 0.6) is 0 Å². The third kappa shape index (κ3) is 22.3. The minimum absolute atomic E-state index is 0.0494. The van der Waals surface area contributed by atoms with Crippen LogP contribution in [0.15, 0.2) is 22.5 Å². The lowest BCUT2D eigenvalue weighted by atomic mass is 10.0. The Morgan fingerprint density at radius 3 is 1.63 bits per heavy atom. The number of guanidine groups is 2. The Balaban J connectivity index is 3.15. The molecule has 382 valence electrons. The highest BCUT2D eigenvalue weighted by Gasteiger charge is 2.36. The second-order valence-electron chi connectivity index (χ2n) is 15.7. The van der Waals surface area contributed by atoms with Crippen molar-refractivity contribution >= 4 is 65.1 Å². The van der Waals surface area contributed by atoms with E-state index >= 15 is 0 Å². The van der Waals surface area contributed by atoms with Crippen molar-refractivity contribution in [3.8, 4) is 0 Å².